The third kappa shape index (κ3) is 7.07. The number of amides is 1. The van der Waals surface area contributed by atoms with E-state index in [0.29, 0.717) is 35.8 Å². The predicted molar refractivity (Wildman–Crippen MR) is 140 cm³/mol. The van der Waals surface area contributed by atoms with Gasteiger partial charge in [-0.25, -0.2) is 4.98 Å². The van der Waals surface area contributed by atoms with Gasteiger partial charge in [0.05, 0.1) is 23.4 Å². The van der Waals surface area contributed by atoms with Crippen molar-refractivity contribution in [1.29, 1.82) is 0 Å². The zero-order valence-corrected chi connectivity index (χ0v) is 21.4. The first kappa shape index (κ1) is 26.7. The molecule has 35 heavy (non-hydrogen) atoms. The highest BCUT2D eigenvalue weighted by molar-refractivity contribution is 6.32. The van der Waals surface area contributed by atoms with Crippen molar-refractivity contribution in [2.75, 3.05) is 13.2 Å². The number of carbonyl (C=O) groups excluding carboxylic acids is 1. The standard InChI is InChI=1S/C27H35ClN4O3/c1-4-14-35-25-11-10-20(16-22(25)28)27(34)30-21(12-13-33)15-18-6-8-19(9-7-18)24-17-32(3)26(31-24)23(29)5-2/h6-11,16-17,21,23,33H,4-5,12-15,29H2,1-3H3,(H,30,34)/t21-,23?/m1/s1. The maximum atomic E-state index is 12.8. The minimum absolute atomic E-state index is 0.0258. The normalized spacial score (nSPS) is 12.9. The van der Waals surface area contributed by atoms with Crippen molar-refractivity contribution in [3.8, 4) is 17.0 Å². The molecule has 7 nitrogen and oxygen atoms in total. The number of nitrogens with zero attached hydrogens (tertiary/aromatic N) is 2. The first-order valence-corrected chi connectivity index (χ1v) is 12.5. The summed E-state index contributed by atoms with van der Waals surface area (Å²) in [5, 5.41) is 13.0. The molecule has 2 atom stereocenters. The lowest BCUT2D eigenvalue weighted by atomic mass is 10.0. The molecule has 0 fully saturated rings. The number of aromatic nitrogens is 2. The van der Waals surface area contributed by atoms with Crippen LogP contribution < -0.4 is 15.8 Å². The number of hydrogen-bond acceptors (Lipinski definition) is 5. The highest BCUT2D eigenvalue weighted by Gasteiger charge is 2.17. The molecule has 1 heterocycles. The predicted octanol–water partition coefficient (Wildman–Crippen LogP) is 4.66. The average Bonchev–Trinajstić information content (AvgIpc) is 3.24. The third-order valence-corrected chi connectivity index (χ3v) is 6.18. The number of benzene rings is 2. The molecule has 0 aliphatic carbocycles. The number of aliphatic hydroxyl groups is 1. The lowest BCUT2D eigenvalue weighted by molar-refractivity contribution is 0.0930. The van der Waals surface area contributed by atoms with Crippen LogP contribution in [0, 0.1) is 0 Å². The van der Waals surface area contributed by atoms with Gasteiger partial charge in [-0.2, -0.15) is 0 Å². The zero-order valence-electron chi connectivity index (χ0n) is 20.6. The molecule has 3 aromatic rings. The summed E-state index contributed by atoms with van der Waals surface area (Å²) >= 11 is 6.28. The molecule has 0 aliphatic heterocycles. The van der Waals surface area contributed by atoms with Gasteiger partial charge in [-0.3, -0.25) is 4.79 Å². The lowest BCUT2D eigenvalue weighted by Crippen LogP contribution is -2.37. The van der Waals surface area contributed by atoms with E-state index in [0.717, 1.165) is 35.5 Å². The largest absolute Gasteiger partial charge is 0.492 e. The quantitative estimate of drug-likeness (QED) is 0.337. The Labute approximate surface area is 212 Å². The van der Waals surface area contributed by atoms with Crippen molar-refractivity contribution < 1.29 is 14.6 Å². The monoisotopic (exact) mass is 498 g/mol. The fourth-order valence-electron chi connectivity index (χ4n) is 3.86. The van der Waals surface area contributed by atoms with Crippen LogP contribution in [-0.4, -0.2) is 39.8 Å². The number of imidazole rings is 1. The number of halogens is 1. The molecule has 8 heteroatoms. The SMILES string of the molecule is CCCOc1ccc(C(=O)N[C@H](CCO)Cc2ccc(-c3cn(C)c(C(N)CC)n3)cc2)cc1Cl. The van der Waals surface area contributed by atoms with Crippen LogP contribution in [0.3, 0.4) is 0 Å². The molecule has 0 spiro atoms. The highest BCUT2D eigenvalue weighted by Crippen LogP contribution is 2.26. The number of aryl methyl sites for hydroxylation is 1. The molecule has 188 valence electrons. The molecule has 0 aliphatic rings. The van der Waals surface area contributed by atoms with Gasteiger partial charge in [-0.1, -0.05) is 49.7 Å². The molecular weight excluding hydrogens is 464 g/mol. The van der Waals surface area contributed by atoms with Crippen molar-refractivity contribution in [3.05, 3.63) is 70.6 Å². The van der Waals surface area contributed by atoms with Crippen molar-refractivity contribution in [2.24, 2.45) is 12.8 Å². The second-order valence-electron chi connectivity index (χ2n) is 8.69. The van der Waals surface area contributed by atoms with Gasteiger partial charge in [0.15, 0.2) is 0 Å². The van der Waals surface area contributed by atoms with Crippen LogP contribution in [0.4, 0.5) is 0 Å². The number of nitrogens with one attached hydrogen (secondary N) is 1. The molecule has 0 saturated heterocycles. The summed E-state index contributed by atoms with van der Waals surface area (Å²) < 4.78 is 7.55. The Morgan fingerprint density at radius 3 is 2.60 bits per heavy atom. The maximum absolute atomic E-state index is 12.8. The summed E-state index contributed by atoms with van der Waals surface area (Å²) in [6.45, 7) is 4.60. The van der Waals surface area contributed by atoms with Crippen LogP contribution in [0.15, 0.2) is 48.7 Å². The molecule has 1 unspecified atom stereocenters. The summed E-state index contributed by atoms with van der Waals surface area (Å²) in [5.74, 6) is 1.19. The molecular formula is C27H35ClN4O3. The Bertz CT molecular complexity index is 1110. The minimum atomic E-state index is -0.239. The van der Waals surface area contributed by atoms with Crippen LogP contribution in [-0.2, 0) is 13.5 Å². The second kappa shape index (κ2) is 12.7. The summed E-state index contributed by atoms with van der Waals surface area (Å²) in [5.41, 5.74) is 9.54. The van der Waals surface area contributed by atoms with Gasteiger partial charge >= 0.3 is 0 Å². The van der Waals surface area contributed by atoms with Gasteiger partial charge in [-0.05, 0) is 49.4 Å². The van der Waals surface area contributed by atoms with Gasteiger partial charge in [0.25, 0.3) is 5.91 Å². The Hall–Kier alpha value is -2.87. The van der Waals surface area contributed by atoms with E-state index >= 15 is 0 Å². The van der Waals surface area contributed by atoms with Crippen LogP contribution in [0.1, 0.15) is 60.9 Å². The first-order chi connectivity index (χ1) is 16.9. The second-order valence-corrected chi connectivity index (χ2v) is 9.09. The molecule has 1 amide bonds. The van der Waals surface area contributed by atoms with E-state index in [-0.39, 0.29) is 24.6 Å². The van der Waals surface area contributed by atoms with E-state index in [4.69, 9.17) is 27.1 Å². The Kier molecular flexibility index (Phi) is 9.72. The van der Waals surface area contributed by atoms with Gasteiger partial charge < -0.3 is 25.5 Å². The molecule has 4 N–H and O–H groups in total. The van der Waals surface area contributed by atoms with Crippen LogP contribution >= 0.6 is 11.6 Å². The Balaban J connectivity index is 1.67. The molecule has 2 aromatic carbocycles. The molecule has 0 radical (unpaired) electrons. The average molecular weight is 499 g/mol. The van der Waals surface area contributed by atoms with Crippen molar-refractivity contribution in [2.45, 2.75) is 51.6 Å². The Morgan fingerprint density at radius 1 is 1.23 bits per heavy atom. The van der Waals surface area contributed by atoms with Crippen molar-refractivity contribution >= 4 is 17.5 Å². The summed E-state index contributed by atoms with van der Waals surface area (Å²) in [6.07, 6.45) is 4.71. The minimum Gasteiger partial charge on any atom is -0.492 e. The van der Waals surface area contributed by atoms with Crippen LogP contribution in [0.25, 0.3) is 11.3 Å². The van der Waals surface area contributed by atoms with E-state index in [1.807, 2.05) is 55.9 Å². The third-order valence-electron chi connectivity index (χ3n) is 5.88. The zero-order chi connectivity index (χ0) is 25.4. The number of hydrogen-bond donors (Lipinski definition) is 3. The van der Waals surface area contributed by atoms with Crippen molar-refractivity contribution in [1.82, 2.24) is 14.9 Å². The topological polar surface area (TPSA) is 102 Å². The smallest absolute Gasteiger partial charge is 0.251 e. The van der Waals surface area contributed by atoms with E-state index in [1.54, 1.807) is 18.2 Å². The van der Waals surface area contributed by atoms with Crippen molar-refractivity contribution in [3.63, 3.8) is 0 Å². The molecule has 1 aromatic heterocycles. The van der Waals surface area contributed by atoms with Gasteiger partial charge in [0, 0.05) is 37.0 Å². The number of aliphatic hydroxyl groups excluding tert-OH is 1. The first-order valence-electron chi connectivity index (χ1n) is 12.1. The highest BCUT2D eigenvalue weighted by atomic mass is 35.5. The lowest BCUT2D eigenvalue weighted by Gasteiger charge is -2.18. The summed E-state index contributed by atoms with van der Waals surface area (Å²) in [4.78, 5) is 17.5. The number of carbonyl (C=O) groups is 1. The summed E-state index contributed by atoms with van der Waals surface area (Å²) in [6, 6.07) is 12.8. The molecule has 3 rings (SSSR count). The fourth-order valence-corrected chi connectivity index (χ4v) is 4.10. The van der Waals surface area contributed by atoms with E-state index < -0.39 is 0 Å². The number of ether oxygens (including phenoxy) is 1. The number of rotatable bonds is 12. The number of nitrogens with two attached hydrogens (primary N) is 1. The van der Waals surface area contributed by atoms with Crippen LogP contribution in [0.2, 0.25) is 5.02 Å². The Morgan fingerprint density at radius 2 is 1.97 bits per heavy atom. The van der Waals surface area contributed by atoms with Gasteiger partial charge in [-0.15, -0.1) is 0 Å². The van der Waals surface area contributed by atoms with E-state index in [1.165, 1.54) is 0 Å². The van der Waals surface area contributed by atoms with E-state index in [2.05, 4.69) is 5.32 Å². The van der Waals surface area contributed by atoms with E-state index in [9.17, 15) is 9.90 Å². The van der Waals surface area contributed by atoms with Gasteiger partial charge in [0.2, 0.25) is 0 Å². The molecule has 0 bridgehead atoms. The van der Waals surface area contributed by atoms with Crippen LogP contribution in [0.5, 0.6) is 5.75 Å². The summed E-state index contributed by atoms with van der Waals surface area (Å²) in [7, 11) is 1.96. The van der Waals surface area contributed by atoms with Gasteiger partial charge in [0.1, 0.15) is 11.6 Å². The molecule has 0 saturated carbocycles. The maximum Gasteiger partial charge on any atom is 0.251 e. The fraction of sp³-hybridized carbons (Fsp3) is 0.407.